The molecule has 4 nitrogen and oxygen atoms in total. The first-order chi connectivity index (χ1) is 13.3. The third-order valence-electron chi connectivity index (χ3n) is 5.04. The lowest BCUT2D eigenvalue weighted by atomic mass is 9.85. The minimum atomic E-state index is -1.06. The Morgan fingerprint density at radius 1 is 1.18 bits per heavy atom. The molecule has 2 heterocycles. The van der Waals surface area contributed by atoms with Crippen LogP contribution >= 0.6 is 11.3 Å². The van der Waals surface area contributed by atoms with Gasteiger partial charge in [0.1, 0.15) is 10.7 Å². The number of carbonyl (C=O) groups is 2. The van der Waals surface area contributed by atoms with Crippen LogP contribution in [0, 0.1) is 19.7 Å². The summed E-state index contributed by atoms with van der Waals surface area (Å²) in [4.78, 5) is 25.4. The Morgan fingerprint density at radius 2 is 1.89 bits per heavy atom. The van der Waals surface area contributed by atoms with Crippen molar-refractivity contribution >= 4 is 28.9 Å². The van der Waals surface area contributed by atoms with E-state index in [-0.39, 0.29) is 23.1 Å². The van der Waals surface area contributed by atoms with E-state index in [9.17, 15) is 19.1 Å². The van der Waals surface area contributed by atoms with E-state index in [1.807, 2.05) is 26.0 Å². The summed E-state index contributed by atoms with van der Waals surface area (Å²) in [5.74, 6) is -1.83. The van der Waals surface area contributed by atoms with E-state index in [0.29, 0.717) is 16.8 Å². The number of aromatic carboxylic acids is 1. The summed E-state index contributed by atoms with van der Waals surface area (Å²) < 4.78 is 13.4. The molecule has 28 heavy (non-hydrogen) atoms. The number of hydrogen-bond acceptors (Lipinski definition) is 3. The zero-order valence-electron chi connectivity index (χ0n) is 15.4. The van der Waals surface area contributed by atoms with Crippen molar-refractivity contribution in [2.45, 2.75) is 26.2 Å². The lowest BCUT2D eigenvalue weighted by Crippen LogP contribution is -2.23. The van der Waals surface area contributed by atoms with Gasteiger partial charge in [0.15, 0.2) is 0 Å². The standard InChI is InChI=1S/C22H18FNO3S/c1-11-3-4-12(2)15(9-11)16-10-17(25)24-19-18(13-5-7-14(23)8-6-13)21(22(26)27)28-20(16)19/h3-9,16H,10H2,1-2H3,(H,24,25)(H,26,27). The van der Waals surface area contributed by atoms with Gasteiger partial charge < -0.3 is 10.4 Å². The van der Waals surface area contributed by atoms with Crippen molar-refractivity contribution in [1.82, 2.24) is 0 Å². The van der Waals surface area contributed by atoms with Crippen LogP contribution in [0.4, 0.5) is 10.1 Å². The van der Waals surface area contributed by atoms with E-state index in [0.717, 1.165) is 21.6 Å². The molecule has 2 aromatic carbocycles. The van der Waals surface area contributed by atoms with Crippen molar-refractivity contribution in [2.24, 2.45) is 0 Å². The highest BCUT2D eigenvalue weighted by Gasteiger charge is 2.35. The van der Waals surface area contributed by atoms with Crippen LogP contribution in [-0.4, -0.2) is 17.0 Å². The molecule has 0 bridgehead atoms. The first kappa shape index (κ1) is 18.4. The van der Waals surface area contributed by atoms with E-state index in [1.165, 1.54) is 35.6 Å². The molecule has 1 aromatic heterocycles. The van der Waals surface area contributed by atoms with Gasteiger partial charge in [-0.1, -0.05) is 35.9 Å². The lowest BCUT2D eigenvalue weighted by molar-refractivity contribution is -0.116. The van der Waals surface area contributed by atoms with Gasteiger partial charge in [-0.25, -0.2) is 9.18 Å². The van der Waals surface area contributed by atoms with E-state index >= 15 is 0 Å². The molecule has 142 valence electrons. The number of benzene rings is 2. The third-order valence-corrected chi connectivity index (χ3v) is 6.33. The van der Waals surface area contributed by atoms with E-state index in [4.69, 9.17) is 0 Å². The van der Waals surface area contributed by atoms with E-state index < -0.39 is 11.8 Å². The summed E-state index contributed by atoms with van der Waals surface area (Å²) in [6, 6.07) is 11.7. The third kappa shape index (κ3) is 3.10. The van der Waals surface area contributed by atoms with Crippen LogP contribution in [0.25, 0.3) is 11.1 Å². The van der Waals surface area contributed by atoms with Crippen LogP contribution in [0.5, 0.6) is 0 Å². The molecule has 6 heteroatoms. The summed E-state index contributed by atoms with van der Waals surface area (Å²) in [7, 11) is 0. The second kappa shape index (κ2) is 6.87. The van der Waals surface area contributed by atoms with Gasteiger partial charge in [0.2, 0.25) is 5.91 Å². The molecule has 0 saturated heterocycles. The van der Waals surface area contributed by atoms with Gasteiger partial charge in [0.25, 0.3) is 0 Å². The fourth-order valence-corrected chi connectivity index (χ4v) is 4.95. The summed E-state index contributed by atoms with van der Waals surface area (Å²) in [5.41, 5.74) is 4.71. The number of nitrogens with one attached hydrogen (secondary N) is 1. The Hall–Kier alpha value is -2.99. The molecule has 1 aliphatic rings. The maximum Gasteiger partial charge on any atom is 0.346 e. The molecule has 1 amide bonds. The number of fused-ring (bicyclic) bond motifs is 1. The first-order valence-corrected chi connectivity index (χ1v) is 9.69. The van der Waals surface area contributed by atoms with Crippen LogP contribution in [-0.2, 0) is 4.79 Å². The number of amides is 1. The van der Waals surface area contributed by atoms with Crippen LogP contribution in [0.2, 0.25) is 0 Å². The quantitative estimate of drug-likeness (QED) is 0.629. The molecule has 3 aromatic rings. The van der Waals surface area contributed by atoms with Gasteiger partial charge in [-0.05, 0) is 42.7 Å². The van der Waals surface area contributed by atoms with Crippen molar-refractivity contribution in [3.8, 4) is 11.1 Å². The number of aryl methyl sites for hydroxylation is 2. The molecule has 2 N–H and O–H groups in total. The van der Waals surface area contributed by atoms with Gasteiger partial charge in [-0.3, -0.25) is 4.79 Å². The minimum absolute atomic E-state index is 0.147. The van der Waals surface area contributed by atoms with Crippen molar-refractivity contribution < 1.29 is 19.1 Å². The summed E-state index contributed by atoms with van der Waals surface area (Å²) in [6.45, 7) is 3.99. The average molecular weight is 395 g/mol. The Labute approximate surface area is 165 Å². The number of carboxylic acids is 1. The predicted octanol–water partition coefficient (Wildman–Crippen LogP) is 5.34. The molecule has 1 aliphatic heterocycles. The number of halogens is 1. The monoisotopic (exact) mass is 395 g/mol. The Kier molecular flexibility index (Phi) is 4.51. The van der Waals surface area contributed by atoms with Gasteiger partial charge in [0, 0.05) is 22.8 Å². The molecular weight excluding hydrogens is 377 g/mol. The Morgan fingerprint density at radius 3 is 2.57 bits per heavy atom. The molecule has 1 atom stereocenters. The average Bonchev–Trinajstić information content (AvgIpc) is 3.03. The van der Waals surface area contributed by atoms with Crippen molar-refractivity contribution in [3.05, 3.63) is 74.7 Å². The summed E-state index contributed by atoms with van der Waals surface area (Å²) >= 11 is 1.18. The highest BCUT2D eigenvalue weighted by Crippen LogP contribution is 2.49. The Balaban J connectivity index is 1.96. The maximum atomic E-state index is 13.4. The highest BCUT2D eigenvalue weighted by atomic mass is 32.1. The molecule has 4 rings (SSSR count). The number of thiophene rings is 1. The van der Waals surface area contributed by atoms with Gasteiger partial charge in [0.05, 0.1) is 5.69 Å². The lowest BCUT2D eigenvalue weighted by Gasteiger charge is -2.25. The van der Waals surface area contributed by atoms with E-state index in [2.05, 4.69) is 11.4 Å². The largest absolute Gasteiger partial charge is 0.477 e. The predicted molar refractivity (Wildman–Crippen MR) is 108 cm³/mol. The maximum absolute atomic E-state index is 13.4. The van der Waals surface area contributed by atoms with Gasteiger partial charge in [-0.2, -0.15) is 0 Å². The van der Waals surface area contributed by atoms with E-state index in [1.54, 1.807) is 0 Å². The van der Waals surface area contributed by atoms with Crippen LogP contribution < -0.4 is 5.32 Å². The number of rotatable bonds is 3. The van der Waals surface area contributed by atoms with Gasteiger partial charge >= 0.3 is 5.97 Å². The van der Waals surface area contributed by atoms with Crippen LogP contribution in [0.3, 0.4) is 0 Å². The SMILES string of the molecule is Cc1ccc(C)c(C2CC(=O)Nc3c2sc(C(=O)O)c3-c2ccc(F)cc2)c1. The fraction of sp³-hybridized carbons (Fsp3) is 0.182. The normalized spacial score (nSPS) is 15.8. The molecular formula is C22H18FNO3S. The van der Waals surface area contributed by atoms with Crippen molar-refractivity contribution in [3.63, 3.8) is 0 Å². The number of carboxylic acid groups (broad SMARTS) is 1. The van der Waals surface area contributed by atoms with Crippen molar-refractivity contribution in [1.29, 1.82) is 0 Å². The zero-order valence-corrected chi connectivity index (χ0v) is 16.2. The Bertz CT molecular complexity index is 1100. The first-order valence-electron chi connectivity index (χ1n) is 8.88. The van der Waals surface area contributed by atoms with Crippen LogP contribution in [0.1, 0.15) is 43.6 Å². The summed E-state index contributed by atoms with van der Waals surface area (Å²) in [6.07, 6.45) is 0.264. The fourth-order valence-electron chi connectivity index (χ4n) is 3.72. The molecule has 1 unspecified atom stereocenters. The van der Waals surface area contributed by atoms with Gasteiger partial charge in [-0.15, -0.1) is 11.3 Å². The molecule has 0 aliphatic carbocycles. The molecule has 0 saturated carbocycles. The van der Waals surface area contributed by atoms with Crippen LogP contribution in [0.15, 0.2) is 42.5 Å². The molecule has 0 radical (unpaired) electrons. The smallest absolute Gasteiger partial charge is 0.346 e. The zero-order chi connectivity index (χ0) is 20.0. The summed E-state index contributed by atoms with van der Waals surface area (Å²) in [5, 5.41) is 12.6. The second-order valence-electron chi connectivity index (χ2n) is 7.02. The highest BCUT2D eigenvalue weighted by molar-refractivity contribution is 7.15. The topological polar surface area (TPSA) is 66.4 Å². The minimum Gasteiger partial charge on any atom is -0.477 e. The molecule has 0 spiro atoms. The molecule has 0 fully saturated rings. The second-order valence-corrected chi connectivity index (χ2v) is 8.07. The number of carbonyl (C=O) groups excluding carboxylic acids is 1. The number of anilines is 1. The number of hydrogen-bond donors (Lipinski definition) is 2. The van der Waals surface area contributed by atoms with Crippen molar-refractivity contribution in [2.75, 3.05) is 5.32 Å².